The summed E-state index contributed by atoms with van der Waals surface area (Å²) in [6.07, 6.45) is 6.36. The van der Waals surface area contributed by atoms with E-state index >= 15 is 0 Å². The van der Waals surface area contributed by atoms with E-state index in [9.17, 15) is 4.79 Å². The molecule has 0 atom stereocenters. The van der Waals surface area contributed by atoms with Crippen molar-refractivity contribution in [2.75, 3.05) is 43.2 Å². The molecule has 6 heteroatoms. The number of benzene rings is 2. The van der Waals surface area contributed by atoms with Gasteiger partial charge in [0.15, 0.2) is 0 Å². The molecule has 31 heavy (non-hydrogen) atoms. The Bertz CT molecular complexity index is 828. The molecule has 2 fully saturated rings. The fraction of sp³-hybridized carbons (Fsp3) is 0.480. The summed E-state index contributed by atoms with van der Waals surface area (Å²) in [4.78, 5) is 17.7. The van der Waals surface area contributed by atoms with Gasteiger partial charge in [0.2, 0.25) is 0 Å². The van der Waals surface area contributed by atoms with E-state index in [0.29, 0.717) is 6.54 Å². The predicted octanol–water partition coefficient (Wildman–Crippen LogP) is 4.32. The van der Waals surface area contributed by atoms with E-state index < -0.39 is 0 Å². The van der Waals surface area contributed by atoms with Crippen molar-refractivity contribution in [2.24, 2.45) is 5.73 Å². The highest BCUT2D eigenvalue weighted by atomic mass is 32.2. The fourth-order valence-corrected chi connectivity index (χ4v) is 5.59. The van der Waals surface area contributed by atoms with Crippen molar-refractivity contribution in [2.45, 2.75) is 37.6 Å². The number of carbonyl (C=O) groups is 1. The maximum Gasteiger partial charge on any atom is 0.253 e. The summed E-state index contributed by atoms with van der Waals surface area (Å²) >= 11 is 1.58. The van der Waals surface area contributed by atoms with E-state index in [-0.39, 0.29) is 11.4 Å². The third kappa shape index (κ3) is 5.08. The second kappa shape index (κ2) is 10.5. The molecule has 1 saturated heterocycles. The van der Waals surface area contributed by atoms with Gasteiger partial charge < -0.3 is 15.4 Å². The molecule has 3 N–H and O–H groups in total. The topological polar surface area (TPSA) is 61.6 Å². The van der Waals surface area contributed by atoms with Gasteiger partial charge in [-0.3, -0.25) is 9.69 Å². The number of amides is 1. The number of rotatable bonds is 7. The van der Waals surface area contributed by atoms with Gasteiger partial charge in [0.25, 0.3) is 5.91 Å². The third-order valence-electron chi connectivity index (χ3n) is 6.71. The number of hydrogen-bond acceptors (Lipinski definition) is 5. The number of hydrogen-bond donors (Lipinski definition) is 2. The molecule has 2 aromatic rings. The molecule has 1 aliphatic heterocycles. The number of carbonyl (C=O) groups excluding carboxylic acids is 1. The van der Waals surface area contributed by atoms with Crippen LogP contribution in [-0.2, 0) is 5.54 Å². The van der Waals surface area contributed by atoms with E-state index in [0.717, 1.165) is 43.2 Å². The lowest BCUT2D eigenvalue weighted by molar-refractivity contribution is 0.00562. The van der Waals surface area contributed by atoms with Crippen LogP contribution in [0.4, 0.5) is 5.69 Å². The molecule has 5 nitrogen and oxygen atoms in total. The highest BCUT2D eigenvalue weighted by molar-refractivity contribution is 8.00. The molecule has 1 aliphatic carbocycles. The molecular weight excluding hydrogens is 404 g/mol. The molecule has 166 valence electrons. The Morgan fingerprint density at radius 1 is 0.935 bits per heavy atom. The maximum atomic E-state index is 13.1. The van der Waals surface area contributed by atoms with Crippen LogP contribution in [0, 0.1) is 0 Å². The minimum Gasteiger partial charge on any atom is -0.336 e. The summed E-state index contributed by atoms with van der Waals surface area (Å²) in [5.41, 5.74) is 8.88. The predicted molar refractivity (Wildman–Crippen MR) is 130 cm³/mol. The van der Waals surface area contributed by atoms with Gasteiger partial charge in [-0.05, 0) is 42.7 Å². The third-order valence-corrected chi connectivity index (χ3v) is 7.53. The molecule has 1 heterocycles. The first-order chi connectivity index (χ1) is 15.2. The molecule has 0 aromatic heterocycles. The van der Waals surface area contributed by atoms with Crippen molar-refractivity contribution < 1.29 is 4.79 Å². The SMILES string of the molecule is NCCSNc1ccc(C(=O)N2CCN(C3(c4ccccc4)CCCCC3)CC2)cc1. The van der Waals surface area contributed by atoms with E-state index in [4.69, 9.17) is 5.73 Å². The average molecular weight is 439 g/mol. The lowest BCUT2D eigenvalue weighted by Crippen LogP contribution is -2.57. The second-order valence-electron chi connectivity index (χ2n) is 8.55. The lowest BCUT2D eigenvalue weighted by atomic mass is 9.75. The van der Waals surface area contributed by atoms with E-state index in [1.807, 2.05) is 29.2 Å². The maximum absolute atomic E-state index is 13.1. The molecule has 1 amide bonds. The Kier molecular flexibility index (Phi) is 7.54. The van der Waals surface area contributed by atoms with Gasteiger partial charge in [0.05, 0.1) is 0 Å². The Labute approximate surface area is 190 Å². The molecule has 0 spiro atoms. The monoisotopic (exact) mass is 438 g/mol. The largest absolute Gasteiger partial charge is 0.336 e. The van der Waals surface area contributed by atoms with Gasteiger partial charge >= 0.3 is 0 Å². The normalized spacial score (nSPS) is 19.2. The molecule has 2 aliphatic rings. The van der Waals surface area contributed by atoms with E-state index in [1.54, 1.807) is 11.9 Å². The Balaban J connectivity index is 1.39. The quantitative estimate of drug-likeness (QED) is 0.498. The molecule has 0 unspecified atom stereocenters. The zero-order chi connectivity index (χ0) is 21.5. The summed E-state index contributed by atoms with van der Waals surface area (Å²) in [5, 5.41) is 0. The van der Waals surface area contributed by atoms with E-state index in [1.165, 1.54) is 37.7 Å². The number of piperazine rings is 1. The summed E-state index contributed by atoms with van der Waals surface area (Å²) < 4.78 is 3.26. The second-order valence-corrected chi connectivity index (χ2v) is 9.46. The molecule has 1 saturated carbocycles. The van der Waals surface area contributed by atoms with Crippen molar-refractivity contribution in [3.05, 3.63) is 65.7 Å². The molecule has 0 bridgehead atoms. The smallest absolute Gasteiger partial charge is 0.253 e. The number of nitrogens with one attached hydrogen (secondary N) is 1. The van der Waals surface area contributed by atoms with Crippen LogP contribution in [0.2, 0.25) is 0 Å². The first kappa shape index (κ1) is 22.2. The van der Waals surface area contributed by atoms with Crippen LogP contribution < -0.4 is 10.5 Å². The Morgan fingerprint density at radius 2 is 1.61 bits per heavy atom. The first-order valence-corrected chi connectivity index (χ1v) is 12.5. The van der Waals surface area contributed by atoms with E-state index in [2.05, 4.69) is 40.0 Å². The van der Waals surface area contributed by atoms with Crippen LogP contribution in [0.3, 0.4) is 0 Å². The highest BCUT2D eigenvalue weighted by Gasteiger charge is 2.41. The Morgan fingerprint density at radius 3 is 2.26 bits per heavy atom. The number of nitrogens with two attached hydrogens (primary N) is 1. The summed E-state index contributed by atoms with van der Waals surface area (Å²) in [6, 6.07) is 18.8. The van der Waals surface area contributed by atoms with Crippen molar-refractivity contribution in [3.8, 4) is 0 Å². The first-order valence-electron chi connectivity index (χ1n) is 11.5. The van der Waals surface area contributed by atoms with Crippen molar-refractivity contribution in [1.82, 2.24) is 9.80 Å². The van der Waals surface area contributed by atoms with Gasteiger partial charge in [-0.2, -0.15) is 0 Å². The summed E-state index contributed by atoms with van der Waals surface area (Å²) in [6.45, 7) is 4.11. The molecule has 2 aromatic carbocycles. The van der Waals surface area contributed by atoms with Gasteiger partial charge in [-0.25, -0.2) is 0 Å². The minimum atomic E-state index is 0.137. The van der Waals surface area contributed by atoms with Crippen LogP contribution in [0.5, 0.6) is 0 Å². The van der Waals surface area contributed by atoms with Gasteiger partial charge in [-0.15, -0.1) is 0 Å². The van der Waals surface area contributed by atoms with Crippen molar-refractivity contribution in [1.29, 1.82) is 0 Å². The summed E-state index contributed by atoms with van der Waals surface area (Å²) in [5.74, 6) is 0.994. The Hall–Kier alpha value is -2.02. The van der Waals surface area contributed by atoms with Crippen LogP contribution in [-0.4, -0.2) is 54.2 Å². The standard InChI is InChI=1S/C25H34N4OS/c26-15-20-31-27-23-11-9-21(10-12-23)24(30)28-16-18-29(19-17-28)25(13-5-2-6-14-25)22-7-3-1-4-8-22/h1,3-4,7-12,27H,2,5-6,13-20,26H2. The van der Waals surface area contributed by atoms with Crippen LogP contribution in [0.1, 0.15) is 48.0 Å². The zero-order valence-electron chi connectivity index (χ0n) is 18.3. The minimum absolute atomic E-state index is 0.137. The average Bonchev–Trinajstić information content (AvgIpc) is 2.85. The van der Waals surface area contributed by atoms with Crippen molar-refractivity contribution >= 4 is 23.5 Å². The molecule has 0 radical (unpaired) electrons. The van der Waals surface area contributed by atoms with Crippen LogP contribution >= 0.6 is 11.9 Å². The van der Waals surface area contributed by atoms with Crippen molar-refractivity contribution in [3.63, 3.8) is 0 Å². The fourth-order valence-electron chi connectivity index (χ4n) is 5.07. The van der Waals surface area contributed by atoms with Gasteiger partial charge in [-0.1, -0.05) is 61.5 Å². The van der Waals surface area contributed by atoms with Gasteiger partial charge in [0, 0.05) is 55.3 Å². The highest BCUT2D eigenvalue weighted by Crippen LogP contribution is 2.42. The number of anilines is 1. The number of nitrogens with zero attached hydrogens (tertiary/aromatic N) is 2. The van der Waals surface area contributed by atoms with Gasteiger partial charge in [0.1, 0.15) is 0 Å². The van der Waals surface area contributed by atoms with Crippen LogP contribution in [0.15, 0.2) is 54.6 Å². The van der Waals surface area contributed by atoms with Crippen LogP contribution in [0.25, 0.3) is 0 Å². The summed E-state index contributed by atoms with van der Waals surface area (Å²) in [7, 11) is 0. The molecule has 4 rings (SSSR count). The zero-order valence-corrected chi connectivity index (χ0v) is 19.1. The lowest BCUT2D eigenvalue weighted by Gasteiger charge is -2.50. The molecular formula is C25H34N4OS.